The van der Waals surface area contributed by atoms with Crippen molar-refractivity contribution < 1.29 is 18.0 Å². The summed E-state index contributed by atoms with van der Waals surface area (Å²) in [7, 11) is 0. The van der Waals surface area contributed by atoms with E-state index >= 15 is 0 Å². The van der Waals surface area contributed by atoms with Gasteiger partial charge in [-0.15, -0.1) is 0 Å². The number of amides is 1. The van der Waals surface area contributed by atoms with E-state index in [4.69, 9.17) is 0 Å². The van der Waals surface area contributed by atoms with E-state index < -0.39 is 11.9 Å². The molecule has 0 unspecified atom stereocenters. The lowest BCUT2D eigenvalue weighted by Crippen LogP contribution is -2.26. The van der Waals surface area contributed by atoms with Gasteiger partial charge in [0, 0.05) is 12.7 Å². The molecule has 0 saturated heterocycles. The molecular weight excluding hydrogens is 291 g/mol. The number of nitrogens with zero attached hydrogens (tertiary/aromatic N) is 2. The van der Waals surface area contributed by atoms with Gasteiger partial charge >= 0.3 is 6.18 Å². The van der Waals surface area contributed by atoms with Crippen molar-refractivity contribution in [1.29, 1.82) is 0 Å². The molecule has 112 valence electrons. The Labute approximate surface area is 119 Å². The lowest BCUT2D eigenvalue weighted by Gasteiger charge is -2.07. The van der Waals surface area contributed by atoms with E-state index in [0.29, 0.717) is 6.54 Å². The zero-order valence-corrected chi connectivity index (χ0v) is 11.9. The zero-order chi connectivity index (χ0) is 15.0. The van der Waals surface area contributed by atoms with Crippen LogP contribution >= 0.6 is 11.8 Å². The lowest BCUT2D eigenvalue weighted by atomic mass is 10.2. The van der Waals surface area contributed by atoms with Gasteiger partial charge in [-0.1, -0.05) is 31.5 Å². The van der Waals surface area contributed by atoms with Crippen LogP contribution in [-0.2, 0) is 11.0 Å². The first-order chi connectivity index (χ1) is 9.43. The molecule has 1 N–H and O–H groups in total. The molecule has 1 amide bonds. The number of nitrogens with one attached hydrogen (secondary N) is 1. The highest BCUT2D eigenvalue weighted by Gasteiger charge is 2.32. The third kappa shape index (κ3) is 6.23. The second-order valence-electron chi connectivity index (χ2n) is 4.07. The van der Waals surface area contributed by atoms with Gasteiger partial charge in [0.2, 0.25) is 5.91 Å². The summed E-state index contributed by atoms with van der Waals surface area (Å²) in [6.45, 7) is 2.64. The highest BCUT2D eigenvalue weighted by atomic mass is 32.2. The molecule has 0 aliphatic rings. The zero-order valence-electron chi connectivity index (χ0n) is 11.0. The highest BCUT2D eigenvalue weighted by Crippen LogP contribution is 2.28. The standard InChI is InChI=1S/C12H16F3N3OS/c1-2-3-4-6-16-10(19)8-20-11-17-7-5-9(18-11)12(13,14)15/h5,7H,2-4,6,8H2,1H3,(H,16,19). The molecule has 0 radical (unpaired) electrons. The van der Waals surface area contributed by atoms with Crippen molar-refractivity contribution in [3.63, 3.8) is 0 Å². The van der Waals surface area contributed by atoms with Gasteiger partial charge in [-0.25, -0.2) is 9.97 Å². The molecule has 0 bridgehead atoms. The van der Waals surface area contributed by atoms with Crippen LogP contribution in [0, 0.1) is 0 Å². The SMILES string of the molecule is CCCCCNC(=O)CSc1nccc(C(F)(F)F)n1. The molecule has 0 atom stereocenters. The third-order valence-electron chi connectivity index (χ3n) is 2.36. The number of rotatable bonds is 7. The number of carbonyl (C=O) groups is 1. The molecule has 1 rings (SSSR count). The van der Waals surface area contributed by atoms with E-state index in [0.717, 1.165) is 43.3 Å². The second-order valence-corrected chi connectivity index (χ2v) is 5.01. The minimum Gasteiger partial charge on any atom is -0.355 e. The number of halogens is 3. The van der Waals surface area contributed by atoms with Gasteiger partial charge in [0.1, 0.15) is 5.69 Å². The Bertz CT molecular complexity index is 440. The summed E-state index contributed by atoms with van der Waals surface area (Å²) in [4.78, 5) is 18.5. The second kappa shape index (κ2) is 8.08. The van der Waals surface area contributed by atoms with Crippen molar-refractivity contribution in [1.82, 2.24) is 15.3 Å². The van der Waals surface area contributed by atoms with Crippen LogP contribution in [0.3, 0.4) is 0 Å². The first kappa shape index (κ1) is 16.7. The van der Waals surface area contributed by atoms with Crippen molar-refractivity contribution in [3.8, 4) is 0 Å². The Balaban J connectivity index is 2.40. The molecule has 0 spiro atoms. The van der Waals surface area contributed by atoms with Crippen molar-refractivity contribution in [2.45, 2.75) is 37.5 Å². The molecule has 1 aromatic heterocycles. The van der Waals surface area contributed by atoms with Gasteiger partial charge in [0.15, 0.2) is 5.16 Å². The minimum absolute atomic E-state index is 0.00738. The normalized spacial score (nSPS) is 11.4. The maximum atomic E-state index is 12.4. The molecule has 0 saturated carbocycles. The predicted octanol–water partition coefficient (Wildman–Crippen LogP) is 2.89. The Hall–Kier alpha value is -1.31. The average Bonchev–Trinajstić information content (AvgIpc) is 2.41. The first-order valence-corrected chi connectivity index (χ1v) is 7.21. The quantitative estimate of drug-likeness (QED) is 0.478. The van der Waals surface area contributed by atoms with Gasteiger partial charge in [0.25, 0.3) is 0 Å². The van der Waals surface area contributed by atoms with E-state index in [-0.39, 0.29) is 16.8 Å². The van der Waals surface area contributed by atoms with E-state index in [9.17, 15) is 18.0 Å². The van der Waals surface area contributed by atoms with Crippen LogP contribution in [0.1, 0.15) is 31.9 Å². The average molecular weight is 307 g/mol. The number of aromatic nitrogens is 2. The number of carbonyl (C=O) groups excluding carboxylic acids is 1. The summed E-state index contributed by atoms with van der Waals surface area (Å²) < 4.78 is 37.3. The topological polar surface area (TPSA) is 54.9 Å². The lowest BCUT2D eigenvalue weighted by molar-refractivity contribution is -0.141. The fourth-order valence-electron chi connectivity index (χ4n) is 1.35. The highest BCUT2D eigenvalue weighted by molar-refractivity contribution is 7.99. The number of alkyl halides is 3. The fraction of sp³-hybridized carbons (Fsp3) is 0.583. The van der Waals surface area contributed by atoms with Crippen LogP contribution in [0.4, 0.5) is 13.2 Å². The summed E-state index contributed by atoms with van der Waals surface area (Å²) >= 11 is 0.888. The predicted molar refractivity (Wildman–Crippen MR) is 70.3 cm³/mol. The van der Waals surface area contributed by atoms with Crippen molar-refractivity contribution in [3.05, 3.63) is 18.0 Å². The molecule has 20 heavy (non-hydrogen) atoms. The van der Waals surface area contributed by atoms with Crippen LogP contribution in [0.2, 0.25) is 0 Å². The summed E-state index contributed by atoms with van der Waals surface area (Å²) in [6, 6.07) is 0.800. The minimum atomic E-state index is -4.50. The monoisotopic (exact) mass is 307 g/mol. The number of thioether (sulfide) groups is 1. The van der Waals surface area contributed by atoms with E-state index in [1.807, 2.05) is 0 Å². The first-order valence-electron chi connectivity index (χ1n) is 6.23. The molecule has 0 aromatic carbocycles. The van der Waals surface area contributed by atoms with Crippen LogP contribution in [0.5, 0.6) is 0 Å². The molecule has 0 fully saturated rings. The Kier molecular flexibility index (Phi) is 6.77. The smallest absolute Gasteiger partial charge is 0.355 e. The summed E-state index contributed by atoms with van der Waals surface area (Å²) in [6.07, 6.45) is -0.474. The van der Waals surface area contributed by atoms with Crippen molar-refractivity contribution in [2.24, 2.45) is 0 Å². The van der Waals surface area contributed by atoms with Crippen LogP contribution in [-0.4, -0.2) is 28.2 Å². The van der Waals surface area contributed by atoms with E-state index in [2.05, 4.69) is 22.2 Å². The molecule has 0 aliphatic carbocycles. The Morgan fingerprint density at radius 3 is 2.80 bits per heavy atom. The van der Waals surface area contributed by atoms with E-state index in [1.165, 1.54) is 0 Å². The molecule has 1 aromatic rings. The number of hydrogen-bond acceptors (Lipinski definition) is 4. The largest absolute Gasteiger partial charge is 0.433 e. The summed E-state index contributed by atoms with van der Waals surface area (Å²) in [5.74, 6) is -0.222. The van der Waals surface area contributed by atoms with Gasteiger partial charge < -0.3 is 5.32 Å². The van der Waals surface area contributed by atoms with Gasteiger partial charge in [-0.2, -0.15) is 13.2 Å². The van der Waals surface area contributed by atoms with Gasteiger partial charge in [-0.05, 0) is 12.5 Å². The summed E-state index contributed by atoms with van der Waals surface area (Å²) in [5, 5.41) is 2.64. The maximum absolute atomic E-state index is 12.4. The summed E-state index contributed by atoms with van der Waals surface area (Å²) in [5.41, 5.74) is -1.00. The van der Waals surface area contributed by atoms with Crippen LogP contribution in [0.25, 0.3) is 0 Å². The number of hydrogen-bond donors (Lipinski definition) is 1. The fourth-order valence-corrected chi connectivity index (χ4v) is 2.01. The van der Waals surface area contributed by atoms with Gasteiger partial charge in [0.05, 0.1) is 5.75 Å². The molecule has 4 nitrogen and oxygen atoms in total. The maximum Gasteiger partial charge on any atom is 0.433 e. The van der Waals surface area contributed by atoms with Crippen LogP contribution in [0.15, 0.2) is 17.4 Å². The van der Waals surface area contributed by atoms with Crippen LogP contribution < -0.4 is 5.32 Å². The molecule has 8 heteroatoms. The Morgan fingerprint density at radius 1 is 1.40 bits per heavy atom. The molecule has 1 heterocycles. The Morgan fingerprint density at radius 2 is 2.15 bits per heavy atom. The van der Waals surface area contributed by atoms with Crippen molar-refractivity contribution in [2.75, 3.05) is 12.3 Å². The van der Waals surface area contributed by atoms with E-state index in [1.54, 1.807) is 0 Å². The number of unbranched alkanes of at least 4 members (excludes halogenated alkanes) is 2. The van der Waals surface area contributed by atoms with Crippen molar-refractivity contribution >= 4 is 17.7 Å². The molecular formula is C12H16F3N3OS. The third-order valence-corrected chi connectivity index (χ3v) is 3.22. The molecule has 0 aliphatic heterocycles. The van der Waals surface area contributed by atoms with Gasteiger partial charge in [-0.3, -0.25) is 4.79 Å².